The van der Waals surface area contributed by atoms with E-state index in [9.17, 15) is 0 Å². The smallest absolute Gasteiger partial charge is 0.0942 e. The summed E-state index contributed by atoms with van der Waals surface area (Å²) in [6.07, 6.45) is 3.87. The third-order valence-electron chi connectivity index (χ3n) is 3.94. The van der Waals surface area contributed by atoms with E-state index >= 15 is 0 Å². The molecule has 0 amide bonds. The molecular formula is C14H25N3S. The standard InChI is InChI=1S/C14H25N3S/c1-10-8-13(17(5)16-10)18-12-9-14(2,3)7-6-11(12)15-4/h8,11-12,15H,6-7,9H2,1-5H3. The zero-order valence-corrected chi connectivity index (χ0v) is 13.0. The zero-order valence-electron chi connectivity index (χ0n) is 12.2. The minimum absolute atomic E-state index is 0.471. The lowest BCUT2D eigenvalue weighted by Crippen LogP contribution is -2.43. The van der Waals surface area contributed by atoms with Crippen molar-refractivity contribution in [2.24, 2.45) is 12.5 Å². The van der Waals surface area contributed by atoms with Crippen molar-refractivity contribution < 1.29 is 0 Å². The first kappa shape index (κ1) is 13.9. The summed E-state index contributed by atoms with van der Waals surface area (Å²) in [5.41, 5.74) is 1.58. The number of nitrogens with zero attached hydrogens (tertiary/aromatic N) is 2. The maximum atomic E-state index is 4.44. The number of rotatable bonds is 3. The Kier molecular flexibility index (Phi) is 4.07. The highest BCUT2D eigenvalue weighted by Gasteiger charge is 2.35. The van der Waals surface area contributed by atoms with E-state index in [0.29, 0.717) is 16.7 Å². The molecule has 2 atom stereocenters. The van der Waals surface area contributed by atoms with Gasteiger partial charge in [-0.05, 0) is 44.7 Å². The van der Waals surface area contributed by atoms with Crippen LogP contribution in [0.15, 0.2) is 11.1 Å². The van der Waals surface area contributed by atoms with Crippen LogP contribution in [0.4, 0.5) is 0 Å². The molecule has 0 aliphatic heterocycles. The number of hydrogen-bond acceptors (Lipinski definition) is 3. The Balaban J connectivity index is 2.12. The van der Waals surface area contributed by atoms with Gasteiger partial charge in [-0.15, -0.1) is 11.8 Å². The van der Waals surface area contributed by atoms with E-state index in [2.05, 4.69) is 44.3 Å². The number of hydrogen-bond donors (Lipinski definition) is 1. The van der Waals surface area contributed by atoms with Crippen LogP contribution in [0.3, 0.4) is 0 Å². The first-order valence-electron chi connectivity index (χ1n) is 6.76. The minimum atomic E-state index is 0.471. The quantitative estimate of drug-likeness (QED) is 0.913. The fourth-order valence-corrected chi connectivity index (χ4v) is 4.54. The molecule has 102 valence electrons. The van der Waals surface area contributed by atoms with Crippen molar-refractivity contribution >= 4 is 11.8 Å². The normalized spacial score (nSPS) is 27.4. The molecule has 1 N–H and O–H groups in total. The molecule has 18 heavy (non-hydrogen) atoms. The van der Waals surface area contributed by atoms with Gasteiger partial charge in [-0.3, -0.25) is 4.68 Å². The molecule has 1 fully saturated rings. The Morgan fingerprint density at radius 2 is 2.22 bits per heavy atom. The summed E-state index contributed by atoms with van der Waals surface area (Å²) in [7, 11) is 4.13. The number of nitrogens with one attached hydrogen (secondary N) is 1. The molecule has 0 aromatic carbocycles. The summed E-state index contributed by atoms with van der Waals surface area (Å²) in [5, 5.41) is 9.86. The second kappa shape index (κ2) is 5.25. The third-order valence-corrected chi connectivity index (χ3v) is 5.36. The van der Waals surface area contributed by atoms with Gasteiger partial charge in [-0.2, -0.15) is 5.10 Å². The third kappa shape index (κ3) is 3.09. The largest absolute Gasteiger partial charge is 0.316 e. The molecule has 0 bridgehead atoms. The Hall–Kier alpha value is -0.480. The van der Waals surface area contributed by atoms with Gasteiger partial charge in [-0.1, -0.05) is 13.8 Å². The predicted molar refractivity (Wildman–Crippen MR) is 78.1 cm³/mol. The topological polar surface area (TPSA) is 29.9 Å². The van der Waals surface area contributed by atoms with Crippen molar-refractivity contribution in [1.82, 2.24) is 15.1 Å². The summed E-state index contributed by atoms with van der Waals surface area (Å²) in [6.45, 7) is 6.84. The zero-order chi connectivity index (χ0) is 13.3. The van der Waals surface area contributed by atoms with E-state index in [1.54, 1.807) is 0 Å². The molecule has 1 saturated carbocycles. The van der Waals surface area contributed by atoms with Crippen molar-refractivity contribution in [3.05, 3.63) is 11.8 Å². The van der Waals surface area contributed by atoms with Crippen LogP contribution in [-0.2, 0) is 7.05 Å². The molecule has 0 spiro atoms. The average Bonchev–Trinajstić information content (AvgIpc) is 2.57. The molecule has 1 aliphatic rings. The molecule has 0 saturated heterocycles. The summed E-state index contributed by atoms with van der Waals surface area (Å²) < 4.78 is 2.01. The highest BCUT2D eigenvalue weighted by Crippen LogP contribution is 2.42. The van der Waals surface area contributed by atoms with Crippen LogP contribution >= 0.6 is 11.8 Å². The van der Waals surface area contributed by atoms with Gasteiger partial charge < -0.3 is 5.32 Å². The van der Waals surface area contributed by atoms with E-state index in [4.69, 9.17) is 0 Å². The lowest BCUT2D eigenvalue weighted by Gasteiger charge is -2.40. The van der Waals surface area contributed by atoms with Gasteiger partial charge in [0.1, 0.15) is 0 Å². The first-order valence-corrected chi connectivity index (χ1v) is 7.64. The predicted octanol–water partition coefficient (Wildman–Crippen LogP) is 2.99. The van der Waals surface area contributed by atoms with Gasteiger partial charge >= 0.3 is 0 Å². The monoisotopic (exact) mass is 267 g/mol. The highest BCUT2D eigenvalue weighted by molar-refractivity contribution is 7.99. The average molecular weight is 267 g/mol. The molecule has 4 heteroatoms. The first-order chi connectivity index (χ1) is 8.41. The second-order valence-corrected chi connectivity index (χ2v) is 7.47. The molecule has 1 aromatic heterocycles. The Bertz CT molecular complexity index is 411. The van der Waals surface area contributed by atoms with Gasteiger partial charge in [0.05, 0.1) is 10.7 Å². The lowest BCUT2D eigenvalue weighted by atomic mass is 9.75. The Morgan fingerprint density at radius 3 is 2.78 bits per heavy atom. The fraction of sp³-hybridized carbons (Fsp3) is 0.786. The lowest BCUT2D eigenvalue weighted by molar-refractivity contribution is 0.218. The van der Waals surface area contributed by atoms with Crippen LogP contribution in [0.1, 0.15) is 38.8 Å². The number of aromatic nitrogens is 2. The van der Waals surface area contributed by atoms with Gasteiger partial charge in [0.15, 0.2) is 0 Å². The van der Waals surface area contributed by atoms with Crippen LogP contribution in [0.25, 0.3) is 0 Å². The maximum absolute atomic E-state index is 4.44. The number of thioether (sulfide) groups is 1. The van der Waals surface area contributed by atoms with E-state index in [1.807, 2.05) is 23.5 Å². The second-order valence-electron chi connectivity index (χ2n) is 6.21. The van der Waals surface area contributed by atoms with E-state index in [1.165, 1.54) is 24.3 Å². The summed E-state index contributed by atoms with van der Waals surface area (Å²) in [5.74, 6) is 0. The molecule has 0 radical (unpaired) electrons. The molecule has 1 aliphatic carbocycles. The Morgan fingerprint density at radius 1 is 1.50 bits per heavy atom. The van der Waals surface area contributed by atoms with Crippen LogP contribution in [0.2, 0.25) is 0 Å². The van der Waals surface area contributed by atoms with Crippen molar-refractivity contribution in [2.45, 2.75) is 56.4 Å². The minimum Gasteiger partial charge on any atom is -0.316 e. The van der Waals surface area contributed by atoms with Crippen LogP contribution < -0.4 is 5.32 Å². The molecule has 1 heterocycles. The van der Waals surface area contributed by atoms with Crippen LogP contribution in [0, 0.1) is 12.3 Å². The van der Waals surface area contributed by atoms with Crippen molar-refractivity contribution in [3.8, 4) is 0 Å². The van der Waals surface area contributed by atoms with E-state index < -0.39 is 0 Å². The summed E-state index contributed by atoms with van der Waals surface area (Å²) in [6, 6.07) is 2.82. The van der Waals surface area contributed by atoms with E-state index in [0.717, 1.165) is 5.69 Å². The SMILES string of the molecule is CNC1CCC(C)(C)CC1Sc1cc(C)nn1C. The maximum Gasteiger partial charge on any atom is 0.0942 e. The van der Waals surface area contributed by atoms with Crippen LogP contribution in [-0.4, -0.2) is 28.1 Å². The molecule has 2 rings (SSSR count). The summed E-state index contributed by atoms with van der Waals surface area (Å²) >= 11 is 1.98. The molecule has 1 aromatic rings. The van der Waals surface area contributed by atoms with Gasteiger partial charge in [0, 0.05) is 18.3 Å². The molecular weight excluding hydrogens is 242 g/mol. The van der Waals surface area contributed by atoms with Crippen molar-refractivity contribution in [1.29, 1.82) is 0 Å². The summed E-state index contributed by atoms with van der Waals surface area (Å²) in [4.78, 5) is 0. The van der Waals surface area contributed by atoms with Crippen LogP contribution in [0.5, 0.6) is 0 Å². The molecule has 2 unspecified atom stereocenters. The van der Waals surface area contributed by atoms with Gasteiger partial charge in [0.2, 0.25) is 0 Å². The fourth-order valence-electron chi connectivity index (χ4n) is 2.83. The highest BCUT2D eigenvalue weighted by atomic mass is 32.2. The Labute approximate surface area is 115 Å². The van der Waals surface area contributed by atoms with Gasteiger partial charge in [0.25, 0.3) is 0 Å². The molecule has 3 nitrogen and oxygen atoms in total. The number of aryl methyl sites for hydroxylation is 2. The van der Waals surface area contributed by atoms with Gasteiger partial charge in [-0.25, -0.2) is 0 Å². The van der Waals surface area contributed by atoms with E-state index in [-0.39, 0.29) is 0 Å². The van der Waals surface area contributed by atoms with Crippen molar-refractivity contribution in [2.75, 3.05) is 7.05 Å². The van der Waals surface area contributed by atoms with Crippen molar-refractivity contribution in [3.63, 3.8) is 0 Å².